The number of fused-ring (bicyclic) bond motifs is 1. The van der Waals surface area contributed by atoms with E-state index in [0.717, 1.165) is 9.60 Å². The fraction of sp³-hybridized carbons (Fsp3) is 0.300. The molecule has 3 rings (SSSR count). The Bertz CT molecular complexity index is 995. The highest BCUT2D eigenvalue weighted by molar-refractivity contribution is 7.98. The molecule has 0 bridgehead atoms. The quantitative estimate of drug-likeness (QED) is 0.436. The van der Waals surface area contributed by atoms with Crippen molar-refractivity contribution >= 4 is 68.4 Å². The van der Waals surface area contributed by atoms with Crippen molar-refractivity contribution in [3.05, 3.63) is 47.0 Å². The number of thioether (sulfide) groups is 1. The molecule has 0 aliphatic rings. The Labute approximate surface area is 190 Å². The lowest BCUT2D eigenvalue weighted by Crippen LogP contribution is -2.37. The van der Waals surface area contributed by atoms with Gasteiger partial charge in [0.2, 0.25) is 0 Å². The highest BCUT2D eigenvalue weighted by Gasteiger charge is 2.24. The van der Waals surface area contributed by atoms with E-state index >= 15 is 0 Å². The summed E-state index contributed by atoms with van der Waals surface area (Å²) in [4.78, 5) is 22.9. The lowest BCUT2D eigenvalue weighted by Gasteiger charge is -2.22. The van der Waals surface area contributed by atoms with Crippen LogP contribution in [0.4, 0.5) is 5.13 Å². The minimum absolute atomic E-state index is 0. The lowest BCUT2D eigenvalue weighted by molar-refractivity contribution is 0.0982. The summed E-state index contributed by atoms with van der Waals surface area (Å²) >= 11 is 9.34. The number of halogens is 2. The third kappa shape index (κ3) is 5.16. The van der Waals surface area contributed by atoms with Crippen molar-refractivity contribution in [2.75, 3.05) is 45.5 Å². The first kappa shape index (κ1) is 23.8. The summed E-state index contributed by atoms with van der Waals surface area (Å²) in [5, 5.41) is 1.22. The van der Waals surface area contributed by atoms with Crippen LogP contribution in [0.5, 0.6) is 5.75 Å². The highest BCUT2D eigenvalue weighted by Crippen LogP contribution is 2.39. The molecule has 0 spiro atoms. The zero-order chi connectivity index (χ0) is 20.3. The Balaban J connectivity index is 0.00000300. The first-order valence-electron chi connectivity index (χ1n) is 8.69. The van der Waals surface area contributed by atoms with E-state index < -0.39 is 0 Å². The van der Waals surface area contributed by atoms with Crippen molar-refractivity contribution in [1.82, 2.24) is 9.88 Å². The van der Waals surface area contributed by atoms with Gasteiger partial charge in [-0.1, -0.05) is 35.1 Å². The number of anilines is 1. The molecule has 1 aromatic heterocycles. The minimum atomic E-state index is -0.0686. The summed E-state index contributed by atoms with van der Waals surface area (Å²) in [5.41, 5.74) is 1.35. The number of ether oxygens (including phenoxy) is 1. The van der Waals surface area contributed by atoms with Crippen LogP contribution in [0.3, 0.4) is 0 Å². The third-order valence-electron chi connectivity index (χ3n) is 4.25. The van der Waals surface area contributed by atoms with Crippen LogP contribution in [-0.4, -0.2) is 56.3 Å². The molecule has 0 saturated carbocycles. The summed E-state index contributed by atoms with van der Waals surface area (Å²) in [6.07, 6.45) is 1.97. The van der Waals surface area contributed by atoms with Crippen LogP contribution in [0, 0.1) is 0 Å². The molecule has 156 valence electrons. The van der Waals surface area contributed by atoms with Gasteiger partial charge in [-0.15, -0.1) is 24.2 Å². The number of aromatic nitrogens is 1. The first-order chi connectivity index (χ1) is 13.5. The fourth-order valence-corrected chi connectivity index (χ4v) is 4.64. The van der Waals surface area contributed by atoms with Crippen LogP contribution in [-0.2, 0) is 0 Å². The predicted octanol–water partition coefficient (Wildman–Crippen LogP) is 5.31. The van der Waals surface area contributed by atoms with Crippen molar-refractivity contribution in [3.63, 3.8) is 0 Å². The van der Waals surface area contributed by atoms with Gasteiger partial charge in [0, 0.05) is 18.0 Å². The van der Waals surface area contributed by atoms with Gasteiger partial charge < -0.3 is 9.64 Å². The van der Waals surface area contributed by atoms with Crippen molar-refractivity contribution in [2.24, 2.45) is 0 Å². The number of rotatable bonds is 7. The summed E-state index contributed by atoms with van der Waals surface area (Å²) in [6.45, 7) is 1.24. The molecule has 0 unspecified atom stereocenters. The van der Waals surface area contributed by atoms with Gasteiger partial charge in [-0.3, -0.25) is 9.69 Å². The van der Waals surface area contributed by atoms with Crippen LogP contribution in [0.1, 0.15) is 10.4 Å². The van der Waals surface area contributed by atoms with Crippen LogP contribution in [0.2, 0.25) is 5.02 Å². The van der Waals surface area contributed by atoms with Crippen LogP contribution < -0.4 is 9.64 Å². The number of carbonyl (C=O) groups excluding carboxylic acids is 1. The molecule has 9 heteroatoms. The van der Waals surface area contributed by atoms with Crippen molar-refractivity contribution in [1.29, 1.82) is 0 Å². The molecular formula is C20H23Cl2N3O2S2. The van der Waals surface area contributed by atoms with Gasteiger partial charge >= 0.3 is 0 Å². The molecule has 1 heterocycles. The van der Waals surface area contributed by atoms with Gasteiger partial charge in [0.1, 0.15) is 11.3 Å². The Hall–Kier alpha value is -1.51. The number of amides is 1. The Morgan fingerprint density at radius 2 is 1.93 bits per heavy atom. The second-order valence-corrected chi connectivity index (χ2v) is 8.62. The third-order valence-corrected chi connectivity index (χ3v) is 6.59. The topological polar surface area (TPSA) is 45.7 Å². The van der Waals surface area contributed by atoms with Gasteiger partial charge in [0.25, 0.3) is 5.91 Å². The molecule has 0 aliphatic heterocycles. The van der Waals surface area contributed by atoms with E-state index in [-0.39, 0.29) is 18.3 Å². The second-order valence-electron chi connectivity index (χ2n) is 6.38. The minimum Gasteiger partial charge on any atom is -0.494 e. The molecule has 0 fully saturated rings. The van der Waals surface area contributed by atoms with Crippen molar-refractivity contribution in [3.8, 4) is 5.75 Å². The standard InChI is InChI=1S/C20H22ClN3O2S2.ClH/c1-23(2)11-12-24(19(25)13-7-5-6-8-16(13)27-4)20-22-17-15(26-3)10-9-14(21)18(17)28-20;/h5-10H,11-12H2,1-4H3;1H. The molecule has 0 aliphatic carbocycles. The summed E-state index contributed by atoms with van der Waals surface area (Å²) < 4.78 is 6.24. The normalized spacial score (nSPS) is 10.8. The van der Waals surface area contributed by atoms with Crippen LogP contribution >= 0.6 is 47.1 Å². The van der Waals surface area contributed by atoms with E-state index in [1.54, 1.807) is 35.9 Å². The molecule has 5 nitrogen and oxygen atoms in total. The molecule has 1 amide bonds. The number of hydrogen-bond acceptors (Lipinski definition) is 6. The molecule has 29 heavy (non-hydrogen) atoms. The smallest absolute Gasteiger partial charge is 0.261 e. The monoisotopic (exact) mass is 471 g/mol. The van der Waals surface area contributed by atoms with Gasteiger partial charge in [-0.05, 0) is 44.6 Å². The summed E-state index contributed by atoms with van der Waals surface area (Å²) in [5.74, 6) is 0.576. The molecule has 0 radical (unpaired) electrons. The fourth-order valence-electron chi connectivity index (χ4n) is 2.77. The van der Waals surface area contributed by atoms with E-state index in [4.69, 9.17) is 21.3 Å². The zero-order valence-electron chi connectivity index (χ0n) is 16.6. The van der Waals surface area contributed by atoms with Gasteiger partial charge in [-0.25, -0.2) is 4.98 Å². The van der Waals surface area contributed by atoms with E-state index in [0.29, 0.717) is 40.1 Å². The number of thiazole rings is 1. The SMILES string of the molecule is COc1ccc(Cl)c2sc(N(CCN(C)C)C(=O)c3ccccc3SC)nc12.Cl. The number of likely N-dealkylation sites (N-methyl/N-ethyl adjacent to an activating group) is 1. The molecule has 3 aromatic rings. The molecule has 0 saturated heterocycles. The average Bonchev–Trinajstić information content (AvgIpc) is 3.14. The van der Waals surface area contributed by atoms with Crippen LogP contribution in [0.25, 0.3) is 10.2 Å². The molecule has 0 N–H and O–H groups in total. The molecule has 0 atom stereocenters. The van der Waals surface area contributed by atoms with E-state index in [9.17, 15) is 4.79 Å². The van der Waals surface area contributed by atoms with Crippen molar-refractivity contribution < 1.29 is 9.53 Å². The summed E-state index contributed by atoms with van der Waals surface area (Å²) in [7, 11) is 5.57. The number of nitrogens with zero attached hydrogens (tertiary/aromatic N) is 3. The highest BCUT2D eigenvalue weighted by atomic mass is 35.5. The van der Waals surface area contributed by atoms with E-state index in [2.05, 4.69) is 0 Å². The van der Waals surface area contributed by atoms with Gasteiger partial charge in [0.05, 0.1) is 22.4 Å². The first-order valence-corrected chi connectivity index (χ1v) is 11.1. The summed E-state index contributed by atoms with van der Waals surface area (Å²) in [6, 6.07) is 11.2. The van der Waals surface area contributed by atoms with Crippen LogP contribution in [0.15, 0.2) is 41.3 Å². The average molecular weight is 472 g/mol. The van der Waals surface area contributed by atoms with Gasteiger partial charge in [0.15, 0.2) is 5.13 Å². The number of carbonyl (C=O) groups is 1. The number of methoxy groups -OCH3 is 1. The Kier molecular flexibility index (Phi) is 8.60. The number of hydrogen-bond donors (Lipinski definition) is 0. The second kappa shape index (κ2) is 10.5. The maximum Gasteiger partial charge on any atom is 0.261 e. The van der Waals surface area contributed by atoms with E-state index in [1.165, 1.54) is 11.3 Å². The maximum absolute atomic E-state index is 13.5. The van der Waals surface area contributed by atoms with Gasteiger partial charge in [-0.2, -0.15) is 0 Å². The largest absolute Gasteiger partial charge is 0.494 e. The zero-order valence-corrected chi connectivity index (χ0v) is 19.8. The molecule has 2 aromatic carbocycles. The predicted molar refractivity (Wildman–Crippen MR) is 127 cm³/mol. The maximum atomic E-state index is 13.5. The molecular weight excluding hydrogens is 449 g/mol. The van der Waals surface area contributed by atoms with Crippen molar-refractivity contribution in [2.45, 2.75) is 4.90 Å². The lowest BCUT2D eigenvalue weighted by atomic mass is 10.2. The van der Waals surface area contributed by atoms with E-state index in [1.807, 2.05) is 49.5 Å². The number of benzene rings is 2. The Morgan fingerprint density at radius 1 is 1.21 bits per heavy atom. The Morgan fingerprint density at radius 3 is 2.59 bits per heavy atom.